The predicted molar refractivity (Wildman–Crippen MR) is 81.1 cm³/mol. The molecular weight excluding hydrogens is 273 g/mol. The van der Waals surface area contributed by atoms with Crippen LogP contribution >= 0.6 is 11.3 Å². The van der Waals surface area contributed by atoms with Crippen LogP contribution in [-0.4, -0.2) is 11.5 Å². The van der Waals surface area contributed by atoms with E-state index in [-0.39, 0.29) is 5.82 Å². The van der Waals surface area contributed by atoms with Crippen molar-refractivity contribution in [1.82, 2.24) is 4.98 Å². The highest BCUT2D eigenvalue weighted by Crippen LogP contribution is 2.40. The second-order valence-electron chi connectivity index (χ2n) is 4.87. The van der Waals surface area contributed by atoms with Gasteiger partial charge in [0.25, 0.3) is 0 Å². The van der Waals surface area contributed by atoms with Gasteiger partial charge in [-0.1, -0.05) is 6.07 Å². The molecule has 0 radical (unpaired) electrons. The zero-order valence-corrected chi connectivity index (χ0v) is 11.5. The molecule has 1 aliphatic rings. The van der Waals surface area contributed by atoms with E-state index in [0.717, 1.165) is 40.1 Å². The van der Waals surface area contributed by atoms with Crippen LogP contribution in [0.15, 0.2) is 35.8 Å². The van der Waals surface area contributed by atoms with Crippen molar-refractivity contribution in [1.29, 1.82) is 0 Å². The molecule has 0 aliphatic carbocycles. The quantitative estimate of drug-likeness (QED) is 0.693. The molecule has 0 amide bonds. The van der Waals surface area contributed by atoms with Gasteiger partial charge in [0.1, 0.15) is 11.3 Å². The van der Waals surface area contributed by atoms with Crippen molar-refractivity contribution >= 4 is 38.6 Å². The third-order valence-corrected chi connectivity index (χ3v) is 4.55. The molecule has 2 heterocycles. The standard InChI is InChI=1S/C15H12FN3S/c16-10-2-1-9-5-6-19(12(9)7-10)11-3-4-13-15(14(11)17)18-8-20-13/h1-4,7-8H,5-6,17H2. The van der Waals surface area contributed by atoms with Crippen molar-refractivity contribution in [2.75, 3.05) is 17.2 Å². The number of thiazole rings is 1. The Bertz CT molecular complexity index is 812. The molecule has 100 valence electrons. The van der Waals surface area contributed by atoms with Crippen LogP contribution in [0.4, 0.5) is 21.5 Å². The Morgan fingerprint density at radius 1 is 1.20 bits per heavy atom. The lowest BCUT2D eigenvalue weighted by atomic mass is 10.1. The molecule has 0 bridgehead atoms. The number of anilines is 3. The first-order valence-electron chi connectivity index (χ1n) is 6.42. The minimum atomic E-state index is -0.219. The van der Waals surface area contributed by atoms with Gasteiger partial charge in [0, 0.05) is 12.2 Å². The van der Waals surface area contributed by atoms with Gasteiger partial charge in [0.2, 0.25) is 0 Å². The van der Waals surface area contributed by atoms with Crippen LogP contribution in [0, 0.1) is 5.82 Å². The van der Waals surface area contributed by atoms with Gasteiger partial charge < -0.3 is 10.6 Å². The summed E-state index contributed by atoms with van der Waals surface area (Å²) >= 11 is 1.57. The van der Waals surface area contributed by atoms with E-state index < -0.39 is 0 Å². The van der Waals surface area contributed by atoms with Gasteiger partial charge in [-0.15, -0.1) is 11.3 Å². The van der Waals surface area contributed by atoms with Crippen molar-refractivity contribution in [3.8, 4) is 0 Å². The molecule has 20 heavy (non-hydrogen) atoms. The summed E-state index contributed by atoms with van der Waals surface area (Å²) in [5, 5.41) is 0. The third kappa shape index (κ3) is 1.59. The SMILES string of the molecule is Nc1c(N2CCc3ccc(F)cc32)ccc2scnc12. The number of aromatic nitrogens is 1. The van der Waals surface area contributed by atoms with Crippen molar-refractivity contribution in [2.45, 2.75) is 6.42 Å². The Morgan fingerprint density at radius 2 is 2.10 bits per heavy atom. The number of fused-ring (bicyclic) bond motifs is 2. The molecule has 0 fully saturated rings. The molecule has 3 aromatic rings. The summed E-state index contributed by atoms with van der Waals surface area (Å²) in [6, 6.07) is 8.95. The van der Waals surface area contributed by atoms with Crippen molar-refractivity contribution in [3.63, 3.8) is 0 Å². The van der Waals surface area contributed by atoms with E-state index in [4.69, 9.17) is 5.73 Å². The minimum absolute atomic E-state index is 0.219. The monoisotopic (exact) mass is 285 g/mol. The van der Waals surface area contributed by atoms with E-state index in [1.807, 2.05) is 18.2 Å². The Kier molecular flexibility index (Phi) is 2.44. The van der Waals surface area contributed by atoms with Gasteiger partial charge in [-0.05, 0) is 36.2 Å². The maximum Gasteiger partial charge on any atom is 0.125 e. The van der Waals surface area contributed by atoms with E-state index >= 15 is 0 Å². The number of nitrogens with zero attached hydrogens (tertiary/aromatic N) is 2. The summed E-state index contributed by atoms with van der Waals surface area (Å²) in [6.07, 6.45) is 0.907. The Morgan fingerprint density at radius 3 is 3.00 bits per heavy atom. The summed E-state index contributed by atoms with van der Waals surface area (Å²) in [6.45, 7) is 0.818. The molecule has 5 heteroatoms. The van der Waals surface area contributed by atoms with Gasteiger partial charge in [-0.2, -0.15) is 0 Å². The van der Waals surface area contributed by atoms with Crippen LogP contribution in [0.25, 0.3) is 10.2 Å². The fourth-order valence-electron chi connectivity index (χ4n) is 2.78. The molecule has 2 aromatic carbocycles. The van der Waals surface area contributed by atoms with Crippen molar-refractivity contribution < 1.29 is 4.39 Å². The van der Waals surface area contributed by atoms with E-state index in [9.17, 15) is 4.39 Å². The van der Waals surface area contributed by atoms with Crippen LogP contribution in [0.5, 0.6) is 0 Å². The van der Waals surface area contributed by atoms with Crippen LogP contribution < -0.4 is 10.6 Å². The third-order valence-electron chi connectivity index (χ3n) is 3.75. The first kappa shape index (κ1) is 11.7. The van der Waals surface area contributed by atoms with Gasteiger partial charge in [-0.3, -0.25) is 0 Å². The number of nitrogen functional groups attached to an aromatic ring is 1. The van der Waals surface area contributed by atoms with Crippen LogP contribution in [0.2, 0.25) is 0 Å². The van der Waals surface area contributed by atoms with E-state index in [0.29, 0.717) is 5.69 Å². The molecule has 1 aliphatic heterocycles. The van der Waals surface area contributed by atoms with Crippen molar-refractivity contribution in [2.24, 2.45) is 0 Å². The summed E-state index contributed by atoms with van der Waals surface area (Å²) < 4.78 is 14.6. The largest absolute Gasteiger partial charge is 0.395 e. The highest BCUT2D eigenvalue weighted by molar-refractivity contribution is 7.16. The lowest BCUT2D eigenvalue weighted by Crippen LogP contribution is -2.15. The average molecular weight is 285 g/mol. The maximum atomic E-state index is 13.5. The number of halogens is 1. The van der Waals surface area contributed by atoms with E-state index in [1.165, 1.54) is 6.07 Å². The summed E-state index contributed by atoms with van der Waals surface area (Å²) in [5.41, 5.74) is 12.5. The molecule has 0 spiro atoms. The lowest BCUT2D eigenvalue weighted by Gasteiger charge is -2.21. The molecule has 2 N–H and O–H groups in total. The topological polar surface area (TPSA) is 42.1 Å². The van der Waals surface area contributed by atoms with Crippen molar-refractivity contribution in [3.05, 3.63) is 47.2 Å². The van der Waals surface area contributed by atoms with E-state index in [1.54, 1.807) is 22.9 Å². The summed E-state index contributed by atoms with van der Waals surface area (Å²) in [7, 11) is 0. The lowest BCUT2D eigenvalue weighted by molar-refractivity contribution is 0.628. The molecule has 4 rings (SSSR count). The molecule has 1 aromatic heterocycles. The van der Waals surface area contributed by atoms with Gasteiger partial charge in [0.05, 0.1) is 21.6 Å². The smallest absolute Gasteiger partial charge is 0.125 e. The zero-order valence-electron chi connectivity index (χ0n) is 10.6. The molecule has 0 saturated heterocycles. The van der Waals surface area contributed by atoms with Crippen LogP contribution in [0.3, 0.4) is 0 Å². The minimum Gasteiger partial charge on any atom is -0.395 e. The number of hydrogen-bond acceptors (Lipinski definition) is 4. The second kappa shape index (κ2) is 4.18. The van der Waals surface area contributed by atoms with Crippen LogP contribution in [-0.2, 0) is 6.42 Å². The van der Waals surface area contributed by atoms with Crippen LogP contribution in [0.1, 0.15) is 5.56 Å². The summed E-state index contributed by atoms with van der Waals surface area (Å²) in [4.78, 5) is 6.39. The zero-order chi connectivity index (χ0) is 13.7. The maximum absolute atomic E-state index is 13.5. The predicted octanol–water partition coefficient (Wildman–Crippen LogP) is 3.71. The highest BCUT2D eigenvalue weighted by atomic mass is 32.1. The van der Waals surface area contributed by atoms with E-state index in [2.05, 4.69) is 9.88 Å². The number of rotatable bonds is 1. The highest BCUT2D eigenvalue weighted by Gasteiger charge is 2.23. The van der Waals surface area contributed by atoms with Gasteiger partial charge >= 0.3 is 0 Å². The average Bonchev–Trinajstić information content (AvgIpc) is 3.06. The summed E-state index contributed by atoms with van der Waals surface area (Å²) in [5.74, 6) is -0.219. The fraction of sp³-hybridized carbons (Fsp3) is 0.133. The second-order valence-corrected chi connectivity index (χ2v) is 5.76. The number of hydrogen-bond donors (Lipinski definition) is 1. The first-order valence-corrected chi connectivity index (χ1v) is 7.29. The first-order chi connectivity index (χ1) is 9.74. The van der Waals surface area contributed by atoms with Gasteiger partial charge in [0.15, 0.2) is 0 Å². The molecular formula is C15H12FN3S. The Hall–Kier alpha value is -2.14. The molecule has 3 nitrogen and oxygen atoms in total. The molecule has 0 atom stereocenters. The van der Waals surface area contributed by atoms with Gasteiger partial charge in [-0.25, -0.2) is 9.37 Å². The molecule has 0 saturated carbocycles. The normalized spacial score (nSPS) is 13.9. The Labute approximate surface area is 119 Å². The number of nitrogens with two attached hydrogens (primary N) is 1. The fourth-order valence-corrected chi connectivity index (χ4v) is 3.47. The number of benzene rings is 2. The molecule has 0 unspecified atom stereocenters. The Balaban J connectivity index is 1.89.